The first-order chi connectivity index (χ1) is 9.69. The lowest BCUT2D eigenvalue weighted by Crippen LogP contribution is -2.31. The minimum atomic E-state index is 0.377. The summed E-state index contributed by atoms with van der Waals surface area (Å²) in [6.07, 6.45) is 11.6. The first-order valence-electron chi connectivity index (χ1n) is 7.63. The molecule has 1 aliphatic rings. The van der Waals surface area contributed by atoms with Crippen molar-refractivity contribution in [2.45, 2.75) is 39.2 Å². The maximum absolute atomic E-state index is 4.46. The number of hydrogen-bond acceptors (Lipinski definition) is 3. The maximum Gasteiger partial charge on any atom is 0.0892 e. The first-order valence-corrected chi connectivity index (χ1v) is 7.63. The monoisotopic (exact) mass is 272 g/mol. The Kier molecular flexibility index (Phi) is 3.74. The lowest BCUT2D eigenvalue weighted by Gasteiger charge is -2.36. The molecule has 4 nitrogen and oxygen atoms in total. The fourth-order valence-electron chi connectivity index (χ4n) is 4.02. The van der Waals surface area contributed by atoms with Gasteiger partial charge in [-0.1, -0.05) is 13.8 Å². The van der Waals surface area contributed by atoms with Crippen LogP contribution in [-0.2, 0) is 0 Å². The zero-order valence-electron chi connectivity index (χ0n) is 12.6. The van der Waals surface area contributed by atoms with Gasteiger partial charge in [-0.25, -0.2) is 4.52 Å². The first kappa shape index (κ1) is 13.6. The molecule has 0 bridgehead atoms. The molecule has 1 N–H and O–H groups in total. The molecule has 0 spiro atoms. The third-order valence-electron chi connectivity index (χ3n) is 4.69. The predicted octanol–water partition coefficient (Wildman–Crippen LogP) is 3.06. The highest BCUT2D eigenvalue weighted by Crippen LogP contribution is 2.40. The fraction of sp³-hybridized carbons (Fsp3) is 0.625. The summed E-state index contributed by atoms with van der Waals surface area (Å²) in [5.41, 5.74) is 2.41. The lowest BCUT2D eigenvalue weighted by atomic mass is 9.72. The molecule has 4 heteroatoms. The van der Waals surface area contributed by atoms with E-state index in [1.807, 2.05) is 23.1 Å². The van der Waals surface area contributed by atoms with Gasteiger partial charge in [0.05, 0.1) is 17.9 Å². The van der Waals surface area contributed by atoms with Crippen LogP contribution in [0.3, 0.4) is 0 Å². The second-order valence-corrected chi connectivity index (χ2v) is 6.45. The fourth-order valence-corrected chi connectivity index (χ4v) is 4.02. The van der Waals surface area contributed by atoms with E-state index in [4.69, 9.17) is 0 Å². The SMILES string of the molecule is CNC(c1cnn2ccncc12)C1CC(C)CC(C)C1. The van der Waals surface area contributed by atoms with Crippen molar-refractivity contribution >= 4 is 5.52 Å². The van der Waals surface area contributed by atoms with Gasteiger partial charge in [-0.2, -0.15) is 5.10 Å². The average molecular weight is 272 g/mol. The van der Waals surface area contributed by atoms with Crippen molar-refractivity contribution < 1.29 is 0 Å². The summed E-state index contributed by atoms with van der Waals surface area (Å²) in [4.78, 5) is 4.25. The van der Waals surface area contributed by atoms with E-state index >= 15 is 0 Å². The molecule has 3 atom stereocenters. The normalized spacial score (nSPS) is 28.6. The number of fused-ring (bicyclic) bond motifs is 1. The van der Waals surface area contributed by atoms with Gasteiger partial charge in [0.1, 0.15) is 0 Å². The number of rotatable bonds is 3. The highest BCUT2D eigenvalue weighted by Gasteiger charge is 2.31. The van der Waals surface area contributed by atoms with Gasteiger partial charge in [0, 0.05) is 24.0 Å². The Hall–Kier alpha value is -1.42. The summed E-state index contributed by atoms with van der Waals surface area (Å²) in [6, 6.07) is 0.377. The summed E-state index contributed by atoms with van der Waals surface area (Å²) in [7, 11) is 2.06. The highest BCUT2D eigenvalue weighted by molar-refractivity contribution is 5.53. The second kappa shape index (κ2) is 5.52. The molecule has 3 unspecified atom stereocenters. The van der Waals surface area contributed by atoms with Crippen LogP contribution in [0.4, 0.5) is 0 Å². The average Bonchev–Trinajstić information content (AvgIpc) is 2.83. The Morgan fingerprint density at radius 1 is 1.20 bits per heavy atom. The summed E-state index contributed by atoms with van der Waals surface area (Å²) in [6.45, 7) is 4.76. The number of nitrogens with zero attached hydrogens (tertiary/aromatic N) is 3. The van der Waals surface area contributed by atoms with Gasteiger partial charge in [-0.15, -0.1) is 0 Å². The minimum Gasteiger partial charge on any atom is -0.313 e. The standard InChI is InChI=1S/C16H24N4/c1-11-6-12(2)8-13(7-11)16(17-3)14-9-19-20-5-4-18-10-15(14)20/h4-5,9-13,16-17H,6-8H2,1-3H3. The van der Waals surface area contributed by atoms with Crippen molar-refractivity contribution in [2.75, 3.05) is 7.05 Å². The van der Waals surface area contributed by atoms with E-state index in [0.717, 1.165) is 17.4 Å². The molecule has 0 radical (unpaired) electrons. The molecule has 0 aliphatic heterocycles. The van der Waals surface area contributed by atoms with Crippen LogP contribution in [0.2, 0.25) is 0 Å². The molecule has 108 valence electrons. The van der Waals surface area contributed by atoms with E-state index in [-0.39, 0.29) is 0 Å². The zero-order chi connectivity index (χ0) is 14.1. The van der Waals surface area contributed by atoms with E-state index in [1.165, 1.54) is 24.8 Å². The minimum absolute atomic E-state index is 0.377. The molecular weight excluding hydrogens is 248 g/mol. The van der Waals surface area contributed by atoms with Crippen LogP contribution in [0.1, 0.15) is 44.7 Å². The van der Waals surface area contributed by atoms with Crippen LogP contribution in [0.5, 0.6) is 0 Å². The Labute approximate surface area is 120 Å². The van der Waals surface area contributed by atoms with E-state index in [2.05, 4.69) is 36.3 Å². The van der Waals surface area contributed by atoms with Crippen LogP contribution in [0.15, 0.2) is 24.8 Å². The Balaban J connectivity index is 1.93. The molecule has 1 aliphatic carbocycles. The Morgan fingerprint density at radius 3 is 2.65 bits per heavy atom. The van der Waals surface area contributed by atoms with Crippen LogP contribution in [0, 0.1) is 17.8 Å². The van der Waals surface area contributed by atoms with Crippen LogP contribution in [-0.4, -0.2) is 21.6 Å². The van der Waals surface area contributed by atoms with Crippen LogP contribution < -0.4 is 5.32 Å². The molecule has 0 saturated heterocycles. The molecule has 3 rings (SSSR count). The third-order valence-corrected chi connectivity index (χ3v) is 4.69. The van der Waals surface area contributed by atoms with Crippen molar-refractivity contribution in [1.29, 1.82) is 0 Å². The molecule has 2 aromatic heterocycles. The summed E-state index contributed by atoms with van der Waals surface area (Å²) < 4.78 is 1.92. The zero-order valence-corrected chi connectivity index (χ0v) is 12.6. The van der Waals surface area contributed by atoms with Gasteiger partial charge in [0.15, 0.2) is 0 Å². The molecule has 1 fully saturated rings. The van der Waals surface area contributed by atoms with Crippen molar-refractivity contribution in [3.8, 4) is 0 Å². The van der Waals surface area contributed by atoms with Crippen LogP contribution >= 0.6 is 0 Å². The van der Waals surface area contributed by atoms with Gasteiger partial charge in [0.2, 0.25) is 0 Å². The summed E-state index contributed by atoms with van der Waals surface area (Å²) >= 11 is 0. The molecule has 20 heavy (non-hydrogen) atoms. The molecule has 0 amide bonds. The Morgan fingerprint density at radius 2 is 1.95 bits per heavy atom. The second-order valence-electron chi connectivity index (χ2n) is 6.45. The Bertz CT molecular complexity index is 567. The number of nitrogens with one attached hydrogen (secondary N) is 1. The van der Waals surface area contributed by atoms with E-state index < -0.39 is 0 Å². The van der Waals surface area contributed by atoms with E-state index in [0.29, 0.717) is 12.0 Å². The largest absolute Gasteiger partial charge is 0.313 e. The molecule has 2 heterocycles. The van der Waals surface area contributed by atoms with Gasteiger partial charge < -0.3 is 5.32 Å². The maximum atomic E-state index is 4.46. The highest BCUT2D eigenvalue weighted by atomic mass is 15.2. The summed E-state index contributed by atoms with van der Waals surface area (Å²) in [5, 5.41) is 7.98. The van der Waals surface area contributed by atoms with Crippen molar-refractivity contribution in [3.05, 3.63) is 30.4 Å². The summed E-state index contributed by atoms with van der Waals surface area (Å²) in [5.74, 6) is 2.33. The van der Waals surface area contributed by atoms with Crippen molar-refractivity contribution in [2.24, 2.45) is 17.8 Å². The van der Waals surface area contributed by atoms with Crippen molar-refractivity contribution in [1.82, 2.24) is 19.9 Å². The van der Waals surface area contributed by atoms with Gasteiger partial charge >= 0.3 is 0 Å². The number of hydrogen-bond donors (Lipinski definition) is 1. The van der Waals surface area contributed by atoms with Gasteiger partial charge in [0.25, 0.3) is 0 Å². The molecular formula is C16H24N4. The van der Waals surface area contributed by atoms with Crippen LogP contribution in [0.25, 0.3) is 5.52 Å². The quantitative estimate of drug-likeness (QED) is 0.933. The molecule has 0 aromatic carbocycles. The smallest absolute Gasteiger partial charge is 0.0892 e. The van der Waals surface area contributed by atoms with Crippen molar-refractivity contribution in [3.63, 3.8) is 0 Å². The van der Waals surface area contributed by atoms with E-state index in [9.17, 15) is 0 Å². The molecule has 2 aromatic rings. The van der Waals surface area contributed by atoms with Gasteiger partial charge in [-0.05, 0) is 44.1 Å². The topological polar surface area (TPSA) is 42.2 Å². The van der Waals surface area contributed by atoms with E-state index in [1.54, 1.807) is 6.20 Å². The van der Waals surface area contributed by atoms with Gasteiger partial charge in [-0.3, -0.25) is 4.98 Å². The third kappa shape index (κ3) is 2.44. The number of aromatic nitrogens is 3. The predicted molar refractivity (Wildman–Crippen MR) is 80.5 cm³/mol. The molecule has 1 saturated carbocycles. The lowest BCUT2D eigenvalue weighted by molar-refractivity contribution is 0.181.